The number of hydrogen-bond donors (Lipinski definition) is 1. The highest BCUT2D eigenvalue weighted by atomic mass is 16.5. The second-order valence-corrected chi connectivity index (χ2v) is 4.92. The summed E-state index contributed by atoms with van der Waals surface area (Å²) in [6, 6.07) is 0. The molecule has 0 amide bonds. The van der Waals surface area contributed by atoms with Crippen LogP contribution in [0.5, 0.6) is 0 Å². The minimum absolute atomic E-state index is 0.0880. The van der Waals surface area contributed by atoms with Crippen molar-refractivity contribution in [2.75, 3.05) is 13.7 Å². The van der Waals surface area contributed by atoms with Gasteiger partial charge in [-0.2, -0.15) is 0 Å². The SMILES string of the molecule is COCCCc1cnc(CNC(C)(C)C)o1. The molecule has 0 saturated heterocycles. The van der Waals surface area contributed by atoms with Crippen molar-refractivity contribution in [2.45, 2.75) is 45.7 Å². The van der Waals surface area contributed by atoms with Gasteiger partial charge in [0.2, 0.25) is 5.89 Å². The van der Waals surface area contributed by atoms with Gasteiger partial charge in [0, 0.05) is 25.7 Å². The number of rotatable bonds is 6. The van der Waals surface area contributed by atoms with E-state index in [2.05, 4.69) is 31.1 Å². The average molecular weight is 226 g/mol. The van der Waals surface area contributed by atoms with Crippen LogP contribution in [0.1, 0.15) is 38.8 Å². The summed E-state index contributed by atoms with van der Waals surface area (Å²) >= 11 is 0. The smallest absolute Gasteiger partial charge is 0.208 e. The number of hydrogen-bond acceptors (Lipinski definition) is 4. The first-order valence-electron chi connectivity index (χ1n) is 5.69. The number of ether oxygens (including phenoxy) is 1. The van der Waals surface area contributed by atoms with Gasteiger partial charge in [-0.25, -0.2) is 4.98 Å². The van der Waals surface area contributed by atoms with Crippen molar-refractivity contribution >= 4 is 0 Å². The first-order valence-corrected chi connectivity index (χ1v) is 5.69. The molecule has 1 heterocycles. The monoisotopic (exact) mass is 226 g/mol. The van der Waals surface area contributed by atoms with Gasteiger partial charge >= 0.3 is 0 Å². The molecule has 4 nitrogen and oxygen atoms in total. The molecule has 0 aliphatic heterocycles. The molecular weight excluding hydrogens is 204 g/mol. The number of aryl methyl sites for hydroxylation is 1. The highest BCUT2D eigenvalue weighted by molar-refractivity contribution is 4.94. The third-order valence-electron chi connectivity index (χ3n) is 2.14. The van der Waals surface area contributed by atoms with Crippen molar-refractivity contribution in [3.63, 3.8) is 0 Å². The van der Waals surface area contributed by atoms with Crippen LogP contribution in [0.3, 0.4) is 0 Å². The molecule has 0 aromatic carbocycles. The maximum absolute atomic E-state index is 5.60. The molecule has 0 bridgehead atoms. The zero-order chi connectivity index (χ0) is 12.0. The van der Waals surface area contributed by atoms with E-state index in [1.165, 1.54) is 0 Å². The predicted octanol–water partition coefficient (Wildman–Crippen LogP) is 2.14. The number of methoxy groups -OCH3 is 1. The molecule has 0 spiro atoms. The zero-order valence-corrected chi connectivity index (χ0v) is 10.7. The van der Waals surface area contributed by atoms with Gasteiger partial charge in [0.05, 0.1) is 12.7 Å². The molecule has 1 rings (SSSR count). The Hall–Kier alpha value is -0.870. The maximum Gasteiger partial charge on any atom is 0.208 e. The Labute approximate surface area is 97.4 Å². The maximum atomic E-state index is 5.60. The van der Waals surface area contributed by atoms with E-state index in [-0.39, 0.29) is 5.54 Å². The van der Waals surface area contributed by atoms with Gasteiger partial charge in [-0.3, -0.25) is 0 Å². The number of nitrogens with zero attached hydrogens (tertiary/aromatic N) is 1. The van der Waals surface area contributed by atoms with Crippen LogP contribution in [0.2, 0.25) is 0 Å². The third kappa shape index (κ3) is 5.28. The Morgan fingerprint density at radius 1 is 1.44 bits per heavy atom. The van der Waals surface area contributed by atoms with Gasteiger partial charge in [-0.15, -0.1) is 0 Å². The van der Waals surface area contributed by atoms with Crippen molar-refractivity contribution in [3.05, 3.63) is 17.8 Å². The molecule has 0 unspecified atom stereocenters. The van der Waals surface area contributed by atoms with Crippen LogP contribution in [-0.2, 0) is 17.7 Å². The minimum Gasteiger partial charge on any atom is -0.444 e. The van der Waals surface area contributed by atoms with Crippen molar-refractivity contribution in [1.29, 1.82) is 0 Å². The molecule has 0 aliphatic rings. The summed E-state index contributed by atoms with van der Waals surface area (Å²) in [5, 5.41) is 3.34. The Balaban J connectivity index is 2.33. The van der Waals surface area contributed by atoms with Crippen LogP contribution >= 0.6 is 0 Å². The molecule has 16 heavy (non-hydrogen) atoms. The van der Waals surface area contributed by atoms with E-state index in [1.54, 1.807) is 13.3 Å². The minimum atomic E-state index is 0.0880. The normalized spacial score (nSPS) is 12.0. The van der Waals surface area contributed by atoms with Gasteiger partial charge in [0.15, 0.2) is 0 Å². The summed E-state index contributed by atoms with van der Waals surface area (Å²) in [4.78, 5) is 4.23. The summed E-state index contributed by atoms with van der Waals surface area (Å²) < 4.78 is 10.6. The van der Waals surface area contributed by atoms with E-state index in [9.17, 15) is 0 Å². The van der Waals surface area contributed by atoms with Gasteiger partial charge in [0.1, 0.15) is 5.76 Å². The van der Waals surface area contributed by atoms with E-state index in [4.69, 9.17) is 9.15 Å². The van der Waals surface area contributed by atoms with E-state index in [1.807, 2.05) is 0 Å². The van der Waals surface area contributed by atoms with Crippen molar-refractivity contribution in [1.82, 2.24) is 10.3 Å². The van der Waals surface area contributed by atoms with Crippen LogP contribution in [0.4, 0.5) is 0 Å². The Kier molecular flexibility index (Phi) is 4.96. The Morgan fingerprint density at radius 3 is 2.81 bits per heavy atom. The lowest BCUT2D eigenvalue weighted by atomic mass is 10.1. The fraction of sp³-hybridized carbons (Fsp3) is 0.750. The highest BCUT2D eigenvalue weighted by Gasteiger charge is 2.11. The standard InChI is InChI=1S/C12H22N2O2/c1-12(2,3)14-9-11-13-8-10(16-11)6-5-7-15-4/h8,14H,5-7,9H2,1-4H3. The largest absolute Gasteiger partial charge is 0.444 e. The van der Waals surface area contributed by atoms with E-state index < -0.39 is 0 Å². The molecule has 0 saturated carbocycles. The Bertz CT molecular complexity index is 302. The molecule has 0 radical (unpaired) electrons. The molecule has 0 fully saturated rings. The van der Waals surface area contributed by atoms with Crippen molar-refractivity contribution in [2.24, 2.45) is 0 Å². The molecule has 1 aromatic rings. The predicted molar refractivity (Wildman–Crippen MR) is 63.3 cm³/mol. The van der Waals surface area contributed by atoms with E-state index in [0.29, 0.717) is 6.54 Å². The lowest BCUT2D eigenvalue weighted by molar-refractivity contribution is 0.193. The summed E-state index contributed by atoms with van der Waals surface area (Å²) in [6.07, 6.45) is 3.66. The summed E-state index contributed by atoms with van der Waals surface area (Å²) in [6.45, 7) is 7.80. The fourth-order valence-corrected chi connectivity index (χ4v) is 1.28. The van der Waals surface area contributed by atoms with E-state index in [0.717, 1.165) is 31.1 Å². The van der Waals surface area contributed by atoms with Crippen LogP contribution < -0.4 is 5.32 Å². The van der Waals surface area contributed by atoms with Crippen molar-refractivity contribution < 1.29 is 9.15 Å². The molecule has 1 N–H and O–H groups in total. The van der Waals surface area contributed by atoms with Gasteiger partial charge in [-0.05, 0) is 27.2 Å². The molecule has 0 aliphatic carbocycles. The first-order chi connectivity index (χ1) is 7.51. The van der Waals surface area contributed by atoms with Gasteiger partial charge in [-0.1, -0.05) is 0 Å². The quantitative estimate of drug-likeness (QED) is 0.755. The lowest BCUT2D eigenvalue weighted by Gasteiger charge is -2.18. The summed E-state index contributed by atoms with van der Waals surface area (Å²) in [5.74, 6) is 1.69. The van der Waals surface area contributed by atoms with Crippen LogP contribution in [0, 0.1) is 0 Å². The second-order valence-electron chi connectivity index (χ2n) is 4.92. The number of oxazole rings is 1. The summed E-state index contributed by atoms with van der Waals surface area (Å²) in [5.41, 5.74) is 0.0880. The first kappa shape index (κ1) is 13.2. The zero-order valence-electron chi connectivity index (χ0n) is 10.7. The van der Waals surface area contributed by atoms with E-state index >= 15 is 0 Å². The lowest BCUT2D eigenvalue weighted by Crippen LogP contribution is -2.35. The van der Waals surface area contributed by atoms with Gasteiger partial charge < -0.3 is 14.5 Å². The number of aromatic nitrogens is 1. The molecular formula is C12H22N2O2. The third-order valence-corrected chi connectivity index (χ3v) is 2.14. The topological polar surface area (TPSA) is 47.3 Å². The summed E-state index contributed by atoms with van der Waals surface area (Å²) in [7, 11) is 1.71. The second kappa shape index (κ2) is 6.01. The number of nitrogens with one attached hydrogen (secondary N) is 1. The molecule has 1 aromatic heterocycles. The Morgan fingerprint density at radius 2 is 2.19 bits per heavy atom. The fourth-order valence-electron chi connectivity index (χ4n) is 1.28. The highest BCUT2D eigenvalue weighted by Crippen LogP contribution is 2.08. The van der Waals surface area contributed by atoms with Crippen LogP contribution in [0.15, 0.2) is 10.6 Å². The van der Waals surface area contributed by atoms with Gasteiger partial charge in [0.25, 0.3) is 0 Å². The van der Waals surface area contributed by atoms with Crippen LogP contribution in [-0.4, -0.2) is 24.2 Å². The molecule has 92 valence electrons. The molecule has 4 heteroatoms. The molecule has 0 atom stereocenters. The average Bonchev–Trinajstić information content (AvgIpc) is 2.62. The van der Waals surface area contributed by atoms with Crippen LogP contribution in [0.25, 0.3) is 0 Å². The van der Waals surface area contributed by atoms with Crippen molar-refractivity contribution in [3.8, 4) is 0 Å².